The molecule has 0 bridgehead atoms. The van der Waals surface area contributed by atoms with E-state index in [9.17, 15) is 4.79 Å². The smallest absolute Gasteiger partial charge is 0.255 e. The van der Waals surface area contributed by atoms with Gasteiger partial charge in [-0.3, -0.25) is 9.89 Å². The zero-order valence-electron chi connectivity index (χ0n) is 9.70. The lowest BCUT2D eigenvalue weighted by Crippen LogP contribution is -2.43. The monoisotopic (exact) mass is 263 g/mol. The molecule has 2 aromatic heterocycles. The lowest BCUT2D eigenvalue weighted by Gasteiger charge is -2.34. The summed E-state index contributed by atoms with van der Waals surface area (Å²) in [5, 5.41) is 10.6. The predicted molar refractivity (Wildman–Crippen MR) is 67.5 cm³/mol. The van der Waals surface area contributed by atoms with Gasteiger partial charge in [0.05, 0.1) is 30.5 Å². The molecule has 94 valence electrons. The van der Waals surface area contributed by atoms with E-state index >= 15 is 0 Å². The van der Waals surface area contributed by atoms with Crippen LogP contribution in [0.1, 0.15) is 22.1 Å². The van der Waals surface area contributed by atoms with Gasteiger partial charge < -0.3 is 9.64 Å². The first kappa shape index (κ1) is 11.4. The summed E-state index contributed by atoms with van der Waals surface area (Å²) in [6.07, 6.45) is 1.69. The number of nitrogens with zero attached hydrogens (tertiary/aromatic N) is 2. The van der Waals surface area contributed by atoms with Crippen LogP contribution in [0.5, 0.6) is 0 Å². The van der Waals surface area contributed by atoms with E-state index in [1.165, 1.54) is 11.3 Å². The van der Waals surface area contributed by atoms with Gasteiger partial charge >= 0.3 is 0 Å². The standard InChI is InChI=1S/C12H13N3O2S/c16-12(9-2-6-18-8-9)15-4-5-17-7-11(15)10-1-3-13-14-10/h1-3,6,8,11H,4-5,7H2,(H,13,14)/t11-/m1/s1. The van der Waals surface area contributed by atoms with E-state index in [-0.39, 0.29) is 11.9 Å². The number of nitrogens with one attached hydrogen (secondary N) is 1. The summed E-state index contributed by atoms with van der Waals surface area (Å²) in [6, 6.07) is 3.66. The molecule has 1 amide bonds. The summed E-state index contributed by atoms with van der Waals surface area (Å²) in [5.41, 5.74) is 1.66. The number of carbonyl (C=O) groups is 1. The lowest BCUT2D eigenvalue weighted by molar-refractivity contribution is -0.00388. The van der Waals surface area contributed by atoms with E-state index in [4.69, 9.17) is 4.74 Å². The molecule has 3 heterocycles. The molecule has 1 aliphatic rings. The van der Waals surface area contributed by atoms with Crippen molar-refractivity contribution in [2.45, 2.75) is 6.04 Å². The quantitative estimate of drug-likeness (QED) is 0.897. The van der Waals surface area contributed by atoms with Crippen molar-refractivity contribution in [1.29, 1.82) is 0 Å². The molecule has 0 radical (unpaired) electrons. The number of rotatable bonds is 2. The predicted octanol–water partition coefficient (Wildman–Crippen LogP) is 1.68. The van der Waals surface area contributed by atoms with Crippen LogP contribution in [0.2, 0.25) is 0 Å². The molecule has 6 heteroatoms. The van der Waals surface area contributed by atoms with E-state index in [1.54, 1.807) is 6.20 Å². The molecule has 1 aliphatic heterocycles. The highest BCUT2D eigenvalue weighted by Crippen LogP contribution is 2.24. The maximum absolute atomic E-state index is 12.4. The summed E-state index contributed by atoms with van der Waals surface area (Å²) in [5.74, 6) is 0.0548. The van der Waals surface area contributed by atoms with Gasteiger partial charge in [0, 0.05) is 18.1 Å². The maximum Gasteiger partial charge on any atom is 0.255 e. The van der Waals surface area contributed by atoms with Gasteiger partial charge in [-0.1, -0.05) is 0 Å². The van der Waals surface area contributed by atoms with Gasteiger partial charge in [-0.2, -0.15) is 16.4 Å². The molecule has 0 saturated carbocycles. The molecule has 2 aromatic rings. The normalized spacial score (nSPS) is 20.0. The fraction of sp³-hybridized carbons (Fsp3) is 0.333. The Morgan fingerprint density at radius 1 is 1.56 bits per heavy atom. The summed E-state index contributed by atoms with van der Waals surface area (Å²) in [4.78, 5) is 14.3. The second-order valence-electron chi connectivity index (χ2n) is 4.11. The number of morpholine rings is 1. The van der Waals surface area contributed by atoms with E-state index in [0.717, 1.165) is 11.3 Å². The topological polar surface area (TPSA) is 58.2 Å². The minimum Gasteiger partial charge on any atom is -0.377 e. The van der Waals surface area contributed by atoms with Crippen LogP contribution < -0.4 is 0 Å². The van der Waals surface area contributed by atoms with Gasteiger partial charge in [-0.05, 0) is 17.5 Å². The summed E-state index contributed by atoms with van der Waals surface area (Å²) >= 11 is 1.53. The second-order valence-corrected chi connectivity index (χ2v) is 4.89. The second kappa shape index (κ2) is 4.91. The van der Waals surface area contributed by atoms with Gasteiger partial charge in [0.1, 0.15) is 0 Å². The lowest BCUT2D eigenvalue weighted by atomic mass is 10.1. The molecule has 0 spiro atoms. The van der Waals surface area contributed by atoms with Crippen LogP contribution >= 0.6 is 11.3 Å². The molecule has 3 rings (SSSR count). The van der Waals surface area contributed by atoms with Crippen LogP contribution in [0.25, 0.3) is 0 Å². The molecule has 1 saturated heterocycles. The number of carbonyl (C=O) groups excluding carboxylic acids is 1. The number of ether oxygens (including phenoxy) is 1. The highest BCUT2D eigenvalue weighted by Gasteiger charge is 2.30. The third kappa shape index (κ3) is 2.04. The Hall–Kier alpha value is -1.66. The Bertz CT molecular complexity index is 509. The number of aromatic nitrogens is 2. The summed E-state index contributed by atoms with van der Waals surface area (Å²) < 4.78 is 5.46. The van der Waals surface area contributed by atoms with Gasteiger partial charge in [-0.15, -0.1) is 0 Å². The first-order valence-electron chi connectivity index (χ1n) is 5.76. The molecule has 0 unspecified atom stereocenters. The van der Waals surface area contributed by atoms with Crippen LogP contribution in [0.15, 0.2) is 29.1 Å². The molecule has 1 atom stereocenters. The maximum atomic E-state index is 12.4. The SMILES string of the molecule is O=C(c1ccsc1)N1CCOC[C@@H]1c1ccn[nH]1. The van der Waals surface area contributed by atoms with E-state index in [0.29, 0.717) is 19.8 Å². The van der Waals surface area contributed by atoms with Crippen molar-refractivity contribution in [3.05, 3.63) is 40.3 Å². The van der Waals surface area contributed by atoms with Crippen molar-refractivity contribution in [2.24, 2.45) is 0 Å². The Balaban J connectivity index is 1.86. The van der Waals surface area contributed by atoms with Crippen LogP contribution in [0, 0.1) is 0 Å². The van der Waals surface area contributed by atoms with Crippen LogP contribution in [0.3, 0.4) is 0 Å². The van der Waals surface area contributed by atoms with E-state index in [2.05, 4.69) is 10.2 Å². The third-order valence-electron chi connectivity index (χ3n) is 3.04. The molecule has 1 N–H and O–H groups in total. The Morgan fingerprint density at radius 3 is 3.22 bits per heavy atom. The van der Waals surface area contributed by atoms with Gasteiger partial charge in [-0.25, -0.2) is 0 Å². The van der Waals surface area contributed by atoms with Crippen molar-refractivity contribution in [3.63, 3.8) is 0 Å². The number of aromatic amines is 1. The number of amides is 1. The number of thiophene rings is 1. The van der Waals surface area contributed by atoms with Crippen molar-refractivity contribution in [3.8, 4) is 0 Å². The average molecular weight is 263 g/mol. The molecular weight excluding hydrogens is 250 g/mol. The van der Waals surface area contributed by atoms with E-state index in [1.807, 2.05) is 27.8 Å². The molecule has 5 nitrogen and oxygen atoms in total. The zero-order valence-corrected chi connectivity index (χ0v) is 10.5. The number of hydrogen-bond donors (Lipinski definition) is 1. The molecule has 0 aliphatic carbocycles. The Kier molecular flexibility index (Phi) is 3.12. The minimum absolute atomic E-state index is 0.0548. The molecule has 0 aromatic carbocycles. The first-order chi connectivity index (χ1) is 8.86. The van der Waals surface area contributed by atoms with Crippen LogP contribution in [0.4, 0.5) is 0 Å². The summed E-state index contributed by atoms with van der Waals surface area (Å²) in [7, 11) is 0. The van der Waals surface area contributed by atoms with Crippen molar-refractivity contribution < 1.29 is 9.53 Å². The summed E-state index contributed by atoms with van der Waals surface area (Å²) in [6.45, 7) is 1.71. The molecular formula is C12H13N3O2S. The number of H-pyrrole nitrogens is 1. The van der Waals surface area contributed by atoms with Crippen molar-refractivity contribution in [2.75, 3.05) is 19.8 Å². The first-order valence-corrected chi connectivity index (χ1v) is 6.71. The highest BCUT2D eigenvalue weighted by molar-refractivity contribution is 7.08. The minimum atomic E-state index is -0.0753. The van der Waals surface area contributed by atoms with Gasteiger partial charge in [0.2, 0.25) is 0 Å². The Labute approximate surface area is 108 Å². The van der Waals surface area contributed by atoms with E-state index < -0.39 is 0 Å². The van der Waals surface area contributed by atoms with Crippen LogP contribution in [-0.2, 0) is 4.74 Å². The zero-order chi connectivity index (χ0) is 12.4. The van der Waals surface area contributed by atoms with Crippen LogP contribution in [-0.4, -0.2) is 40.8 Å². The van der Waals surface area contributed by atoms with Crippen molar-refractivity contribution >= 4 is 17.2 Å². The largest absolute Gasteiger partial charge is 0.377 e. The Morgan fingerprint density at radius 2 is 2.50 bits per heavy atom. The fourth-order valence-electron chi connectivity index (χ4n) is 2.11. The molecule has 1 fully saturated rings. The molecule has 18 heavy (non-hydrogen) atoms. The number of hydrogen-bond acceptors (Lipinski definition) is 4. The van der Waals surface area contributed by atoms with Gasteiger partial charge in [0.15, 0.2) is 0 Å². The van der Waals surface area contributed by atoms with Gasteiger partial charge in [0.25, 0.3) is 5.91 Å². The highest BCUT2D eigenvalue weighted by atomic mass is 32.1. The third-order valence-corrected chi connectivity index (χ3v) is 3.72. The fourth-order valence-corrected chi connectivity index (χ4v) is 2.74. The average Bonchev–Trinajstić information content (AvgIpc) is 3.11. The van der Waals surface area contributed by atoms with Crippen molar-refractivity contribution in [1.82, 2.24) is 15.1 Å².